The number of fused-ring (bicyclic) bond motifs is 1. The van der Waals surface area contributed by atoms with Gasteiger partial charge < -0.3 is 18.9 Å². The van der Waals surface area contributed by atoms with Gasteiger partial charge in [-0.3, -0.25) is 9.78 Å². The first-order valence-electron chi connectivity index (χ1n) is 9.01. The lowest BCUT2D eigenvalue weighted by atomic mass is 10.0. The molecule has 1 amide bonds. The van der Waals surface area contributed by atoms with Crippen molar-refractivity contribution < 1.29 is 27.4 Å². The highest BCUT2D eigenvalue weighted by Crippen LogP contribution is 2.33. The van der Waals surface area contributed by atoms with Crippen LogP contribution in [0.3, 0.4) is 0 Å². The fourth-order valence-corrected chi connectivity index (χ4v) is 3.48. The Labute approximate surface area is 164 Å². The van der Waals surface area contributed by atoms with E-state index in [9.17, 15) is 18.0 Å². The zero-order valence-corrected chi connectivity index (χ0v) is 15.6. The van der Waals surface area contributed by atoms with Gasteiger partial charge in [0.05, 0.1) is 30.0 Å². The van der Waals surface area contributed by atoms with Gasteiger partial charge in [-0.1, -0.05) is 12.1 Å². The highest BCUT2D eigenvalue weighted by atomic mass is 19.4. The number of hydrogen-bond donors (Lipinski definition) is 0. The molecular weight excluding hydrogens is 387 g/mol. The number of alkyl halides is 3. The molecule has 0 atom stereocenters. The summed E-state index contributed by atoms with van der Waals surface area (Å²) in [4.78, 5) is 19.1. The molecule has 2 aromatic heterocycles. The second-order valence-electron chi connectivity index (χ2n) is 6.69. The largest absolute Gasteiger partial charge is 0.573 e. The SMILES string of the molecule is Cn1ccc2c(-c3cccc(OC(F)(F)F)c3)ncc(C(=O)N3CCOCC3)c21. The third-order valence-electron chi connectivity index (χ3n) is 4.78. The minimum Gasteiger partial charge on any atom is -0.406 e. The van der Waals surface area contributed by atoms with Crippen molar-refractivity contribution in [1.82, 2.24) is 14.5 Å². The van der Waals surface area contributed by atoms with Gasteiger partial charge in [0, 0.05) is 43.5 Å². The monoisotopic (exact) mass is 405 g/mol. The summed E-state index contributed by atoms with van der Waals surface area (Å²) < 4.78 is 48.8. The summed E-state index contributed by atoms with van der Waals surface area (Å²) in [6.45, 7) is 1.98. The number of benzene rings is 1. The molecule has 0 radical (unpaired) electrons. The average molecular weight is 405 g/mol. The van der Waals surface area contributed by atoms with Crippen molar-refractivity contribution in [3.05, 3.63) is 48.3 Å². The Hall–Kier alpha value is -3.07. The van der Waals surface area contributed by atoms with Crippen molar-refractivity contribution in [3.8, 4) is 17.0 Å². The predicted molar refractivity (Wildman–Crippen MR) is 99.6 cm³/mol. The molecule has 0 aliphatic carbocycles. The Morgan fingerprint density at radius 1 is 1.21 bits per heavy atom. The zero-order chi connectivity index (χ0) is 20.6. The number of morpholine rings is 1. The Balaban J connectivity index is 1.77. The molecular formula is C20H18F3N3O3. The van der Waals surface area contributed by atoms with Gasteiger partial charge in [-0.2, -0.15) is 0 Å². The lowest BCUT2D eigenvalue weighted by Gasteiger charge is -2.27. The number of ether oxygens (including phenoxy) is 2. The second kappa shape index (κ2) is 7.40. The number of aromatic nitrogens is 2. The van der Waals surface area contributed by atoms with E-state index in [0.29, 0.717) is 54.0 Å². The average Bonchev–Trinajstić information content (AvgIpc) is 3.08. The highest BCUT2D eigenvalue weighted by Gasteiger charge is 2.31. The van der Waals surface area contributed by atoms with Crippen LogP contribution in [-0.4, -0.2) is 53.0 Å². The van der Waals surface area contributed by atoms with E-state index in [0.717, 1.165) is 0 Å². The van der Waals surface area contributed by atoms with Crippen LogP contribution in [0.25, 0.3) is 22.2 Å². The number of rotatable bonds is 3. The number of amides is 1. The molecule has 6 nitrogen and oxygen atoms in total. The minimum absolute atomic E-state index is 0.145. The van der Waals surface area contributed by atoms with Crippen LogP contribution in [0, 0.1) is 0 Å². The Morgan fingerprint density at radius 2 is 1.97 bits per heavy atom. The predicted octanol–water partition coefficient (Wildman–Crippen LogP) is 3.61. The first-order valence-corrected chi connectivity index (χ1v) is 9.01. The molecule has 152 valence electrons. The number of pyridine rings is 1. The van der Waals surface area contributed by atoms with Crippen LogP contribution in [0.4, 0.5) is 13.2 Å². The molecule has 4 rings (SSSR count). The van der Waals surface area contributed by atoms with Crippen LogP contribution in [-0.2, 0) is 11.8 Å². The van der Waals surface area contributed by atoms with Crippen molar-refractivity contribution in [1.29, 1.82) is 0 Å². The number of halogens is 3. The third-order valence-corrected chi connectivity index (χ3v) is 4.78. The van der Waals surface area contributed by atoms with E-state index < -0.39 is 6.36 Å². The Kier molecular flexibility index (Phi) is 4.91. The molecule has 1 aliphatic heterocycles. The third kappa shape index (κ3) is 3.91. The van der Waals surface area contributed by atoms with Crippen LogP contribution in [0.15, 0.2) is 42.7 Å². The number of carbonyl (C=O) groups is 1. The summed E-state index contributed by atoms with van der Waals surface area (Å²) in [6, 6.07) is 7.44. The smallest absolute Gasteiger partial charge is 0.406 e. The molecule has 0 N–H and O–H groups in total. The van der Waals surface area contributed by atoms with Crippen molar-refractivity contribution >= 4 is 16.8 Å². The quantitative estimate of drug-likeness (QED) is 0.668. The van der Waals surface area contributed by atoms with E-state index in [4.69, 9.17) is 4.74 Å². The molecule has 0 saturated carbocycles. The molecule has 3 heterocycles. The van der Waals surface area contributed by atoms with E-state index in [1.807, 2.05) is 11.6 Å². The van der Waals surface area contributed by atoms with E-state index >= 15 is 0 Å². The summed E-state index contributed by atoms with van der Waals surface area (Å²) in [5, 5.41) is 0.677. The number of carbonyl (C=O) groups excluding carboxylic acids is 1. The van der Waals surface area contributed by atoms with Gasteiger partial charge in [-0.25, -0.2) is 0 Å². The first-order chi connectivity index (χ1) is 13.8. The molecule has 0 bridgehead atoms. The Morgan fingerprint density at radius 3 is 2.69 bits per heavy atom. The summed E-state index contributed by atoms with van der Waals surface area (Å²) in [5.41, 5.74) is 2.06. The topological polar surface area (TPSA) is 56.6 Å². The maximum absolute atomic E-state index is 13.0. The summed E-state index contributed by atoms with van der Waals surface area (Å²) in [5.74, 6) is -0.470. The molecule has 9 heteroatoms. The summed E-state index contributed by atoms with van der Waals surface area (Å²) in [6.07, 6.45) is -1.50. The molecule has 3 aromatic rings. The summed E-state index contributed by atoms with van der Waals surface area (Å²) >= 11 is 0. The van der Waals surface area contributed by atoms with Gasteiger partial charge in [-0.15, -0.1) is 13.2 Å². The van der Waals surface area contributed by atoms with Gasteiger partial charge in [-0.05, 0) is 18.2 Å². The maximum Gasteiger partial charge on any atom is 0.573 e. The number of nitrogens with zero attached hydrogens (tertiary/aromatic N) is 3. The van der Waals surface area contributed by atoms with E-state index in [1.54, 1.807) is 23.2 Å². The maximum atomic E-state index is 13.0. The van der Waals surface area contributed by atoms with E-state index in [1.165, 1.54) is 24.4 Å². The lowest BCUT2D eigenvalue weighted by molar-refractivity contribution is -0.274. The van der Waals surface area contributed by atoms with Crippen molar-refractivity contribution in [3.63, 3.8) is 0 Å². The minimum atomic E-state index is -4.78. The van der Waals surface area contributed by atoms with Crippen LogP contribution < -0.4 is 4.74 Å². The standard InChI is InChI=1S/C20H18F3N3O3/c1-25-6-5-15-17(13-3-2-4-14(11-13)29-20(21,22)23)24-12-16(18(15)25)19(27)26-7-9-28-10-8-26/h2-6,11-12H,7-10H2,1H3. The van der Waals surface area contributed by atoms with Gasteiger partial charge >= 0.3 is 6.36 Å². The number of aryl methyl sites for hydroxylation is 1. The highest BCUT2D eigenvalue weighted by molar-refractivity contribution is 6.08. The van der Waals surface area contributed by atoms with Gasteiger partial charge in [0.15, 0.2) is 0 Å². The van der Waals surface area contributed by atoms with E-state index in [-0.39, 0.29) is 11.7 Å². The first kappa shape index (κ1) is 19.3. The van der Waals surface area contributed by atoms with Crippen LogP contribution in [0.5, 0.6) is 5.75 Å². The van der Waals surface area contributed by atoms with Crippen molar-refractivity contribution in [2.45, 2.75) is 6.36 Å². The van der Waals surface area contributed by atoms with E-state index in [2.05, 4.69) is 9.72 Å². The second-order valence-corrected chi connectivity index (χ2v) is 6.69. The van der Waals surface area contributed by atoms with Gasteiger partial charge in [0.1, 0.15) is 5.75 Å². The zero-order valence-electron chi connectivity index (χ0n) is 15.6. The molecule has 0 unspecified atom stereocenters. The fraction of sp³-hybridized carbons (Fsp3) is 0.300. The normalized spacial score (nSPS) is 15.0. The molecule has 0 spiro atoms. The summed E-state index contributed by atoms with van der Waals surface area (Å²) in [7, 11) is 1.81. The lowest BCUT2D eigenvalue weighted by Crippen LogP contribution is -2.40. The molecule has 1 aromatic carbocycles. The fourth-order valence-electron chi connectivity index (χ4n) is 3.48. The van der Waals surface area contributed by atoms with Crippen molar-refractivity contribution in [2.75, 3.05) is 26.3 Å². The Bertz CT molecular complexity index is 1060. The van der Waals surface area contributed by atoms with Crippen molar-refractivity contribution in [2.24, 2.45) is 7.05 Å². The molecule has 1 saturated heterocycles. The molecule has 29 heavy (non-hydrogen) atoms. The van der Waals surface area contributed by atoms with Crippen LogP contribution in [0.1, 0.15) is 10.4 Å². The number of hydrogen-bond acceptors (Lipinski definition) is 4. The van der Waals surface area contributed by atoms with Crippen LogP contribution in [0.2, 0.25) is 0 Å². The van der Waals surface area contributed by atoms with Gasteiger partial charge in [0.2, 0.25) is 0 Å². The van der Waals surface area contributed by atoms with Gasteiger partial charge in [0.25, 0.3) is 5.91 Å². The molecule has 1 aliphatic rings. The molecule has 1 fully saturated rings. The van der Waals surface area contributed by atoms with Crippen LogP contribution >= 0.6 is 0 Å².